The van der Waals surface area contributed by atoms with Gasteiger partial charge in [0.15, 0.2) is 11.5 Å². The van der Waals surface area contributed by atoms with Gasteiger partial charge in [-0.3, -0.25) is 0 Å². The lowest BCUT2D eigenvalue weighted by molar-refractivity contribution is 0.124. The van der Waals surface area contributed by atoms with E-state index in [0.29, 0.717) is 20.0 Å². The van der Waals surface area contributed by atoms with E-state index in [0.717, 1.165) is 23.5 Å². The maximum atomic E-state index is 5.84. The molecule has 1 heterocycles. The van der Waals surface area contributed by atoms with Crippen molar-refractivity contribution in [3.8, 4) is 11.5 Å². The second kappa shape index (κ2) is 6.31. The van der Waals surface area contributed by atoms with Crippen molar-refractivity contribution >= 4 is 10.8 Å². The van der Waals surface area contributed by atoms with Gasteiger partial charge in [0.2, 0.25) is 6.79 Å². The van der Waals surface area contributed by atoms with Crippen LogP contribution in [-0.4, -0.2) is 13.4 Å². The van der Waals surface area contributed by atoms with Crippen LogP contribution in [0, 0.1) is 0 Å². The topological polar surface area (TPSA) is 27.7 Å². The van der Waals surface area contributed by atoms with Crippen molar-refractivity contribution in [2.24, 2.45) is 0 Å². The van der Waals surface area contributed by atoms with Gasteiger partial charge in [0.05, 0.1) is 13.2 Å². The van der Waals surface area contributed by atoms with E-state index in [1.807, 2.05) is 18.2 Å². The quantitative estimate of drug-likeness (QED) is 0.657. The first-order valence-electron chi connectivity index (χ1n) is 7.83. The van der Waals surface area contributed by atoms with Crippen LogP contribution in [-0.2, 0) is 17.8 Å². The number of hydrogen-bond donors (Lipinski definition) is 0. The molecule has 23 heavy (non-hydrogen) atoms. The van der Waals surface area contributed by atoms with Crippen molar-refractivity contribution < 1.29 is 14.2 Å². The Bertz CT molecular complexity index is 821. The van der Waals surface area contributed by atoms with Gasteiger partial charge in [-0.15, -0.1) is 0 Å². The van der Waals surface area contributed by atoms with Crippen molar-refractivity contribution in [1.29, 1.82) is 0 Å². The Morgan fingerprint density at radius 1 is 0.870 bits per heavy atom. The molecule has 0 N–H and O–H groups in total. The van der Waals surface area contributed by atoms with E-state index in [1.165, 1.54) is 16.3 Å². The summed E-state index contributed by atoms with van der Waals surface area (Å²) in [6.45, 7) is 1.59. The van der Waals surface area contributed by atoms with Gasteiger partial charge >= 0.3 is 0 Å². The Morgan fingerprint density at radius 3 is 2.74 bits per heavy atom. The SMILES string of the molecule is c1ccc2c(CCOCc3ccc4c(c3)OCO4)cccc2c1. The number of fused-ring (bicyclic) bond motifs is 2. The van der Waals surface area contributed by atoms with Crippen LogP contribution in [0.15, 0.2) is 60.7 Å². The summed E-state index contributed by atoms with van der Waals surface area (Å²) < 4.78 is 16.5. The van der Waals surface area contributed by atoms with Gasteiger partial charge in [0, 0.05) is 0 Å². The highest BCUT2D eigenvalue weighted by molar-refractivity contribution is 5.85. The van der Waals surface area contributed by atoms with Crippen LogP contribution >= 0.6 is 0 Å². The Labute approximate surface area is 135 Å². The molecule has 0 aromatic heterocycles. The van der Waals surface area contributed by atoms with Gasteiger partial charge in [0.1, 0.15) is 0 Å². The summed E-state index contributed by atoms with van der Waals surface area (Å²) >= 11 is 0. The minimum absolute atomic E-state index is 0.306. The standard InChI is InChI=1S/C20H18O3/c1-2-7-18-16(4-1)5-3-6-17(18)10-11-21-13-15-8-9-19-20(12-15)23-14-22-19/h1-9,12H,10-11,13-14H2. The Balaban J connectivity index is 1.36. The second-order valence-electron chi connectivity index (χ2n) is 5.63. The van der Waals surface area contributed by atoms with Crippen LogP contribution in [0.4, 0.5) is 0 Å². The van der Waals surface area contributed by atoms with E-state index in [2.05, 4.69) is 42.5 Å². The van der Waals surface area contributed by atoms with E-state index in [4.69, 9.17) is 14.2 Å². The predicted octanol–water partition coefficient (Wildman–Crippen LogP) is 4.33. The molecule has 0 bridgehead atoms. The van der Waals surface area contributed by atoms with Crippen LogP contribution < -0.4 is 9.47 Å². The number of benzene rings is 3. The molecule has 0 aliphatic carbocycles. The molecule has 0 saturated carbocycles. The molecule has 1 aliphatic heterocycles. The van der Waals surface area contributed by atoms with Gasteiger partial charge in [-0.25, -0.2) is 0 Å². The first kappa shape index (κ1) is 14.1. The molecule has 0 atom stereocenters. The summed E-state index contributed by atoms with van der Waals surface area (Å²) in [4.78, 5) is 0. The maximum Gasteiger partial charge on any atom is 0.231 e. The summed E-state index contributed by atoms with van der Waals surface area (Å²) in [5.41, 5.74) is 2.43. The molecule has 3 heteroatoms. The fraction of sp³-hybridized carbons (Fsp3) is 0.200. The monoisotopic (exact) mass is 306 g/mol. The molecule has 4 rings (SSSR count). The van der Waals surface area contributed by atoms with E-state index in [-0.39, 0.29) is 0 Å². The molecule has 0 amide bonds. The zero-order valence-electron chi connectivity index (χ0n) is 12.8. The largest absolute Gasteiger partial charge is 0.454 e. The van der Waals surface area contributed by atoms with Crippen molar-refractivity contribution in [1.82, 2.24) is 0 Å². The molecule has 3 aromatic rings. The summed E-state index contributed by atoms with van der Waals surface area (Å²) in [7, 11) is 0. The molecule has 116 valence electrons. The van der Waals surface area contributed by atoms with E-state index in [1.54, 1.807) is 0 Å². The second-order valence-corrected chi connectivity index (χ2v) is 5.63. The number of hydrogen-bond acceptors (Lipinski definition) is 3. The van der Waals surface area contributed by atoms with E-state index >= 15 is 0 Å². The zero-order chi connectivity index (χ0) is 15.5. The molecule has 0 saturated heterocycles. The van der Waals surface area contributed by atoms with Crippen LogP contribution in [0.1, 0.15) is 11.1 Å². The zero-order valence-corrected chi connectivity index (χ0v) is 12.8. The third-order valence-electron chi connectivity index (χ3n) is 4.10. The van der Waals surface area contributed by atoms with Crippen molar-refractivity contribution in [3.05, 3.63) is 71.8 Å². The molecule has 0 radical (unpaired) electrons. The first-order chi connectivity index (χ1) is 11.4. The lowest BCUT2D eigenvalue weighted by atomic mass is 10.0. The van der Waals surface area contributed by atoms with E-state index < -0.39 is 0 Å². The normalized spacial score (nSPS) is 12.7. The highest BCUT2D eigenvalue weighted by Crippen LogP contribution is 2.32. The average Bonchev–Trinajstić information content (AvgIpc) is 3.06. The smallest absolute Gasteiger partial charge is 0.231 e. The van der Waals surface area contributed by atoms with Crippen LogP contribution in [0.3, 0.4) is 0 Å². The first-order valence-corrected chi connectivity index (χ1v) is 7.83. The van der Waals surface area contributed by atoms with Crippen molar-refractivity contribution in [2.75, 3.05) is 13.4 Å². The van der Waals surface area contributed by atoms with Crippen LogP contribution in [0.5, 0.6) is 11.5 Å². The predicted molar refractivity (Wildman–Crippen MR) is 89.9 cm³/mol. The van der Waals surface area contributed by atoms with Gasteiger partial charge in [0.25, 0.3) is 0 Å². The lowest BCUT2D eigenvalue weighted by Crippen LogP contribution is -1.99. The minimum atomic E-state index is 0.306. The highest BCUT2D eigenvalue weighted by Gasteiger charge is 2.13. The fourth-order valence-corrected chi connectivity index (χ4v) is 2.91. The highest BCUT2D eigenvalue weighted by atomic mass is 16.7. The van der Waals surface area contributed by atoms with Gasteiger partial charge in [-0.05, 0) is 40.5 Å². The molecule has 1 aliphatic rings. The Kier molecular flexibility index (Phi) is 3.86. The van der Waals surface area contributed by atoms with Crippen LogP contribution in [0.2, 0.25) is 0 Å². The summed E-state index contributed by atoms with van der Waals surface area (Å²) in [6.07, 6.45) is 0.909. The number of ether oxygens (including phenoxy) is 3. The van der Waals surface area contributed by atoms with Gasteiger partial charge in [-0.2, -0.15) is 0 Å². The van der Waals surface area contributed by atoms with Crippen LogP contribution in [0.25, 0.3) is 10.8 Å². The molecule has 0 unspecified atom stereocenters. The lowest BCUT2D eigenvalue weighted by Gasteiger charge is -2.08. The van der Waals surface area contributed by atoms with Crippen molar-refractivity contribution in [2.45, 2.75) is 13.0 Å². The summed E-state index contributed by atoms with van der Waals surface area (Å²) in [5.74, 6) is 1.62. The number of rotatable bonds is 5. The van der Waals surface area contributed by atoms with Crippen molar-refractivity contribution in [3.63, 3.8) is 0 Å². The molecular weight excluding hydrogens is 288 g/mol. The third kappa shape index (κ3) is 3.01. The summed E-state index contributed by atoms with van der Waals surface area (Å²) in [6, 6.07) is 20.8. The van der Waals surface area contributed by atoms with E-state index in [9.17, 15) is 0 Å². The molecule has 3 nitrogen and oxygen atoms in total. The fourth-order valence-electron chi connectivity index (χ4n) is 2.91. The maximum absolute atomic E-state index is 5.84. The minimum Gasteiger partial charge on any atom is -0.454 e. The molecule has 0 spiro atoms. The Morgan fingerprint density at radius 2 is 1.74 bits per heavy atom. The summed E-state index contributed by atoms with van der Waals surface area (Å²) in [5, 5.41) is 2.59. The third-order valence-corrected chi connectivity index (χ3v) is 4.10. The Hall–Kier alpha value is -2.52. The van der Waals surface area contributed by atoms with Gasteiger partial charge in [-0.1, -0.05) is 48.5 Å². The average molecular weight is 306 g/mol. The molecule has 3 aromatic carbocycles. The molecule has 0 fully saturated rings. The van der Waals surface area contributed by atoms with Gasteiger partial charge < -0.3 is 14.2 Å². The molecular formula is C20H18O3.